The van der Waals surface area contributed by atoms with Crippen LogP contribution in [0.2, 0.25) is 0 Å². The Kier molecular flexibility index (Phi) is 8.05. The Balaban J connectivity index is 1.21. The highest BCUT2D eigenvalue weighted by Crippen LogP contribution is 2.37. The Bertz CT molecular complexity index is 1840. The molecule has 3 aromatic carbocycles. The molecule has 5 aromatic rings. The van der Waals surface area contributed by atoms with Crippen LogP contribution in [0.3, 0.4) is 0 Å². The van der Waals surface area contributed by atoms with E-state index in [9.17, 15) is 8.42 Å². The lowest BCUT2D eigenvalue weighted by atomic mass is 9.92. The van der Waals surface area contributed by atoms with Gasteiger partial charge in [-0.15, -0.1) is 0 Å². The maximum atomic E-state index is 15.3. The summed E-state index contributed by atoms with van der Waals surface area (Å²) >= 11 is 1.22. The van der Waals surface area contributed by atoms with E-state index in [1.807, 2.05) is 18.2 Å². The van der Waals surface area contributed by atoms with E-state index in [1.54, 1.807) is 61.1 Å². The summed E-state index contributed by atoms with van der Waals surface area (Å²) in [5, 5.41) is 4.81. The van der Waals surface area contributed by atoms with E-state index < -0.39 is 15.8 Å². The number of hydrogen-bond donors (Lipinski definition) is 3. The highest BCUT2D eigenvalue weighted by Gasteiger charge is 2.21. The van der Waals surface area contributed by atoms with Crippen LogP contribution >= 0.6 is 11.8 Å². The van der Waals surface area contributed by atoms with Crippen molar-refractivity contribution in [3.05, 3.63) is 97.2 Å². The number of benzene rings is 3. The van der Waals surface area contributed by atoms with Gasteiger partial charge in [-0.25, -0.2) is 22.8 Å². The maximum Gasteiger partial charge on any atom is 0.262 e. The van der Waals surface area contributed by atoms with Gasteiger partial charge in [0.1, 0.15) is 5.82 Å². The van der Waals surface area contributed by atoms with Gasteiger partial charge in [0.25, 0.3) is 10.0 Å². The average Bonchev–Trinajstić information content (AvgIpc) is 2.99. The van der Waals surface area contributed by atoms with E-state index in [0.717, 1.165) is 41.5 Å². The molecule has 1 saturated carbocycles. The summed E-state index contributed by atoms with van der Waals surface area (Å²) in [7, 11) is -3.95. The van der Waals surface area contributed by atoms with Crippen molar-refractivity contribution in [1.82, 2.24) is 15.0 Å². The van der Waals surface area contributed by atoms with E-state index in [4.69, 9.17) is 10.7 Å². The molecule has 8 nitrogen and oxygen atoms in total. The number of sulfonamides is 1. The van der Waals surface area contributed by atoms with Gasteiger partial charge in [-0.2, -0.15) is 0 Å². The molecule has 0 bridgehead atoms. The molecule has 0 unspecified atom stereocenters. The molecular formula is C31H29FN6O2S2. The lowest BCUT2D eigenvalue weighted by Gasteiger charge is -2.26. The van der Waals surface area contributed by atoms with Gasteiger partial charge in [0.05, 0.1) is 16.3 Å². The molecule has 1 aliphatic rings. The smallest absolute Gasteiger partial charge is 0.262 e. The van der Waals surface area contributed by atoms with Crippen LogP contribution in [0.5, 0.6) is 0 Å². The van der Waals surface area contributed by atoms with E-state index in [1.165, 1.54) is 23.9 Å². The third-order valence-corrected chi connectivity index (χ3v) is 9.83. The first-order valence-electron chi connectivity index (χ1n) is 13.6. The van der Waals surface area contributed by atoms with Crippen LogP contribution in [0.15, 0.2) is 106 Å². The van der Waals surface area contributed by atoms with Crippen LogP contribution in [0.25, 0.3) is 22.0 Å². The van der Waals surface area contributed by atoms with Crippen LogP contribution < -0.4 is 15.8 Å². The molecular weight excluding hydrogens is 572 g/mol. The zero-order chi connectivity index (χ0) is 29.1. The van der Waals surface area contributed by atoms with Gasteiger partial charge < -0.3 is 11.1 Å². The standard InChI is InChI=1S/C31H29FN6O2S2/c32-26-18-23(38-42(39,40)30-7-3-5-20-4-1-2-6-24(20)30)12-13-29(26)41-28-15-16-34-19-25(28)27-14-17-35-31(37-27)36-22-10-8-21(33)9-11-22/h1-7,12-19,21-22,38H,8-11,33H2,(H,35,36,37). The fourth-order valence-corrected chi connectivity index (χ4v) is 7.30. The van der Waals surface area contributed by atoms with Gasteiger partial charge in [0.15, 0.2) is 0 Å². The molecule has 4 N–H and O–H groups in total. The predicted octanol–water partition coefficient (Wildman–Crippen LogP) is 6.46. The summed E-state index contributed by atoms with van der Waals surface area (Å²) in [5.74, 6) is -0.0248. The van der Waals surface area contributed by atoms with Crippen molar-refractivity contribution in [2.45, 2.75) is 52.5 Å². The third kappa shape index (κ3) is 6.23. The van der Waals surface area contributed by atoms with Crippen LogP contribution in [0.4, 0.5) is 16.0 Å². The molecule has 1 fully saturated rings. The van der Waals surface area contributed by atoms with Crippen molar-refractivity contribution in [2.24, 2.45) is 5.73 Å². The van der Waals surface area contributed by atoms with Crippen LogP contribution in [0, 0.1) is 5.82 Å². The molecule has 2 heterocycles. The number of hydrogen-bond acceptors (Lipinski definition) is 8. The quantitative estimate of drug-likeness (QED) is 0.185. The molecule has 6 rings (SSSR count). The Morgan fingerprint density at radius 2 is 1.71 bits per heavy atom. The number of pyridine rings is 1. The van der Waals surface area contributed by atoms with Gasteiger partial charge in [0.2, 0.25) is 5.95 Å². The number of nitrogens with one attached hydrogen (secondary N) is 2. The van der Waals surface area contributed by atoms with Crippen molar-refractivity contribution in [1.29, 1.82) is 0 Å². The van der Waals surface area contributed by atoms with Gasteiger partial charge in [0, 0.05) is 51.4 Å². The van der Waals surface area contributed by atoms with E-state index in [2.05, 4.69) is 20.0 Å². The summed E-state index contributed by atoms with van der Waals surface area (Å²) in [5.41, 5.74) is 7.56. The summed E-state index contributed by atoms with van der Waals surface area (Å²) in [4.78, 5) is 14.6. The molecule has 1 aliphatic carbocycles. The Labute approximate surface area is 248 Å². The monoisotopic (exact) mass is 600 g/mol. The van der Waals surface area contributed by atoms with Crippen molar-refractivity contribution in [3.8, 4) is 11.3 Å². The zero-order valence-electron chi connectivity index (χ0n) is 22.6. The van der Waals surface area contributed by atoms with Crippen LogP contribution in [-0.2, 0) is 10.0 Å². The molecule has 2 aromatic heterocycles. The molecule has 0 aliphatic heterocycles. The molecule has 0 radical (unpaired) electrons. The molecule has 0 spiro atoms. The first-order chi connectivity index (χ1) is 20.4. The van der Waals surface area contributed by atoms with Gasteiger partial charge in [-0.1, -0.05) is 48.2 Å². The highest BCUT2D eigenvalue weighted by atomic mass is 32.2. The second-order valence-electron chi connectivity index (χ2n) is 10.2. The van der Waals surface area contributed by atoms with Crippen molar-refractivity contribution in [2.75, 3.05) is 10.0 Å². The number of halogens is 1. The maximum absolute atomic E-state index is 15.3. The normalized spacial score (nSPS) is 17.2. The lowest BCUT2D eigenvalue weighted by molar-refractivity contribution is 0.410. The molecule has 214 valence electrons. The molecule has 11 heteroatoms. The summed E-state index contributed by atoms with van der Waals surface area (Å²) in [6.07, 6.45) is 8.90. The third-order valence-electron chi connectivity index (χ3n) is 7.26. The second-order valence-corrected chi connectivity index (χ2v) is 13.0. The Morgan fingerprint density at radius 1 is 0.905 bits per heavy atom. The van der Waals surface area contributed by atoms with E-state index >= 15 is 4.39 Å². The van der Waals surface area contributed by atoms with Gasteiger partial charge in [-0.3, -0.25) is 9.71 Å². The molecule has 0 saturated heterocycles. The summed E-state index contributed by atoms with van der Waals surface area (Å²) < 4.78 is 44.3. The number of nitrogens with zero attached hydrogens (tertiary/aromatic N) is 3. The van der Waals surface area contributed by atoms with E-state index in [0.29, 0.717) is 21.9 Å². The number of fused-ring (bicyclic) bond motifs is 1. The lowest BCUT2D eigenvalue weighted by Crippen LogP contribution is -2.33. The number of anilines is 2. The van der Waals surface area contributed by atoms with E-state index in [-0.39, 0.29) is 22.7 Å². The zero-order valence-corrected chi connectivity index (χ0v) is 24.2. The minimum atomic E-state index is -3.95. The number of aromatic nitrogens is 3. The SMILES string of the molecule is NC1CCC(Nc2nccc(-c3cnccc3Sc3ccc(NS(=O)(=O)c4cccc5ccccc45)cc3F)n2)CC1. The minimum Gasteiger partial charge on any atom is -0.351 e. The minimum absolute atomic E-state index is 0.131. The predicted molar refractivity (Wildman–Crippen MR) is 164 cm³/mol. The average molecular weight is 601 g/mol. The first kappa shape index (κ1) is 28.1. The first-order valence-corrected chi connectivity index (χ1v) is 15.9. The molecule has 0 atom stereocenters. The van der Waals surface area contributed by atoms with Gasteiger partial charge >= 0.3 is 0 Å². The molecule has 0 amide bonds. The second kappa shape index (κ2) is 12.0. The largest absolute Gasteiger partial charge is 0.351 e. The number of rotatable bonds is 8. The highest BCUT2D eigenvalue weighted by molar-refractivity contribution is 7.99. The van der Waals surface area contributed by atoms with Gasteiger partial charge in [-0.05, 0) is 67.5 Å². The van der Waals surface area contributed by atoms with Crippen LogP contribution in [-0.4, -0.2) is 35.5 Å². The van der Waals surface area contributed by atoms with Crippen molar-refractivity contribution < 1.29 is 12.8 Å². The summed E-state index contributed by atoms with van der Waals surface area (Å²) in [6.45, 7) is 0. The van der Waals surface area contributed by atoms with Crippen molar-refractivity contribution in [3.63, 3.8) is 0 Å². The van der Waals surface area contributed by atoms with Crippen molar-refractivity contribution >= 4 is 44.2 Å². The van der Waals surface area contributed by atoms with Crippen LogP contribution in [0.1, 0.15) is 25.7 Å². The number of nitrogens with two attached hydrogens (primary N) is 1. The Morgan fingerprint density at radius 3 is 2.55 bits per heavy atom. The molecule has 42 heavy (non-hydrogen) atoms. The topological polar surface area (TPSA) is 123 Å². The Hall–Kier alpha value is -4.06. The fourth-order valence-electron chi connectivity index (χ4n) is 5.09. The fraction of sp³-hybridized carbons (Fsp3) is 0.194. The summed E-state index contributed by atoms with van der Waals surface area (Å²) in [6, 6.07) is 20.7.